The summed E-state index contributed by atoms with van der Waals surface area (Å²) in [6.07, 6.45) is 2.84. The minimum Gasteiger partial charge on any atom is -0.350 e. The van der Waals surface area contributed by atoms with E-state index in [9.17, 15) is 18.0 Å². The van der Waals surface area contributed by atoms with Crippen molar-refractivity contribution in [2.75, 3.05) is 17.1 Å². The number of hydrogen-bond acceptors (Lipinski definition) is 4. The lowest BCUT2D eigenvalue weighted by molar-refractivity contribution is -0.142. The molecule has 0 aromatic heterocycles. The SMILES string of the molecule is CCc1ccc(N(CCCC(=O)N(Cc2ccccc2Cl)[C@H](CC)C(=O)NC(C)(C)C)S(C)(=O)=O)cc1. The molecule has 0 unspecified atom stereocenters. The van der Waals surface area contributed by atoms with Crippen LogP contribution in [0.25, 0.3) is 0 Å². The van der Waals surface area contributed by atoms with E-state index in [0.29, 0.717) is 23.6 Å². The first-order valence-electron chi connectivity index (χ1n) is 12.7. The maximum atomic E-state index is 13.5. The number of nitrogens with one attached hydrogen (secondary N) is 1. The summed E-state index contributed by atoms with van der Waals surface area (Å²) >= 11 is 6.38. The van der Waals surface area contributed by atoms with Gasteiger partial charge in [0.1, 0.15) is 6.04 Å². The summed E-state index contributed by atoms with van der Waals surface area (Å²) < 4.78 is 26.3. The molecule has 7 nitrogen and oxygen atoms in total. The normalized spacial score (nSPS) is 12.6. The molecular weight excluding hydrogens is 510 g/mol. The van der Waals surface area contributed by atoms with Gasteiger partial charge in [0.05, 0.1) is 11.9 Å². The van der Waals surface area contributed by atoms with Crippen LogP contribution in [-0.4, -0.2) is 49.5 Å². The smallest absolute Gasteiger partial charge is 0.243 e. The fraction of sp³-hybridized carbons (Fsp3) is 0.500. The van der Waals surface area contributed by atoms with Gasteiger partial charge in [-0.1, -0.05) is 55.8 Å². The maximum absolute atomic E-state index is 13.5. The number of carbonyl (C=O) groups excluding carboxylic acids is 2. The Bertz CT molecular complexity index is 1160. The molecule has 204 valence electrons. The quantitative estimate of drug-likeness (QED) is 0.395. The Morgan fingerprint density at radius 3 is 2.16 bits per heavy atom. The molecule has 37 heavy (non-hydrogen) atoms. The fourth-order valence-corrected chi connectivity index (χ4v) is 5.25. The summed E-state index contributed by atoms with van der Waals surface area (Å²) in [5.74, 6) is -0.463. The van der Waals surface area contributed by atoms with Crippen LogP contribution in [0.3, 0.4) is 0 Å². The van der Waals surface area contributed by atoms with E-state index in [-0.39, 0.29) is 31.3 Å². The highest BCUT2D eigenvalue weighted by atomic mass is 35.5. The van der Waals surface area contributed by atoms with Gasteiger partial charge in [0.15, 0.2) is 0 Å². The minimum atomic E-state index is -3.54. The number of benzene rings is 2. The molecule has 0 saturated heterocycles. The number of carbonyl (C=O) groups is 2. The first-order valence-corrected chi connectivity index (χ1v) is 14.9. The van der Waals surface area contributed by atoms with Crippen molar-refractivity contribution in [3.05, 3.63) is 64.7 Å². The van der Waals surface area contributed by atoms with Gasteiger partial charge < -0.3 is 10.2 Å². The maximum Gasteiger partial charge on any atom is 0.243 e. The number of rotatable bonds is 12. The zero-order valence-corrected chi connectivity index (χ0v) is 24.3. The van der Waals surface area contributed by atoms with Gasteiger partial charge in [-0.3, -0.25) is 13.9 Å². The predicted octanol–water partition coefficient (Wildman–Crippen LogP) is 5.17. The highest BCUT2D eigenvalue weighted by molar-refractivity contribution is 7.92. The third kappa shape index (κ3) is 9.34. The number of sulfonamides is 1. The van der Waals surface area contributed by atoms with Crippen molar-refractivity contribution < 1.29 is 18.0 Å². The second-order valence-corrected chi connectivity index (χ2v) is 12.5. The van der Waals surface area contributed by atoms with E-state index in [1.165, 1.54) is 4.31 Å². The number of amides is 2. The van der Waals surface area contributed by atoms with Gasteiger partial charge in [-0.15, -0.1) is 0 Å². The third-order valence-electron chi connectivity index (χ3n) is 5.97. The molecule has 2 amide bonds. The standard InChI is InChI=1S/C28H40ClN3O4S/c1-7-21-15-17-23(18-16-21)32(37(6,35)36)19-11-14-26(33)31(20-22-12-9-10-13-24(22)29)25(8-2)27(34)30-28(3,4)5/h9-10,12-13,15-18,25H,7-8,11,14,19-20H2,1-6H3,(H,30,34)/t25-/m1/s1. The molecule has 0 aliphatic carbocycles. The third-order valence-corrected chi connectivity index (χ3v) is 7.53. The minimum absolute atomic E-state index is 0.0861. The van der Waals surface area contributed by atoms with Crippen LogP contribution in [0, 0.1) is 0 Å². The van der Waals surface area contributed by atoms with Crippen molar-refractivity contribution in [2.45, 2.75) is 78.4 Å². The Morgan fingerprint density at radius 1 is 1.03 bits per heavy atom. The Morgan fingerprint density at radius 2 is 1.65 bits per heavy atom. The first kappa shape index (κ1) is 30.6. The lowest BCUT2D eigenvalue weighted by Crippen LogP contribution is -2.53. The summed E-state index contributed by atoms with van der Waals surface area (Å²) in [6, 6.07) is 13.9. The molecule has 2 aromatic carbocycles. The Kier molecular flexibility index (Phi) is 11.0. The Balaban J connectivity index is 2.24. The number of nitrogens with zero attached hydrogens (tertiary/aromatic N) is 2. The van der Waals surface area contributed by atoms with Gasteiger partial charge in [0.25, 0.3) is 0 Å². The van der Waals surface area contributed by atoms with E-state index in [4.69, 9.17) is 11.6 Å². The molecule has 2 aromatic rings. The number of hydrogen-bond donors (Lipinski definition) is 1. The van der Waals surface area contributed by atoms with Crippen molar-refractivity contribution >= 4 is 39.1 Å². The van der Waals surface area contributed by atoms with E-state index in [1.807, 2.05) is 65.0 Å². The molecule has 1 N–H and O–H groups in total. The van der Waals surface area contributed by atoms with E-state index in [2.05, 4.69) is 5.32 Å². The lowest BCUT2D eigenvalue weighted by atomic mass is 10.0. The van der Waals surface area contributed by atoms with Crippen LogP contribution >= 0.6 is 11.6 Å². The number of aryl methyl sites for hydroxylation is 1. The van der Waals surface area contributed by atoms with Gasteiger partial charge in [0.2, 0.25) is 21.8 Å². The van der Waals surface area contributed by atoms with Gasteiger partial charge in [0, 0.05) is 30.1 Å². The van der Waals surface area contributed by atoms with Gasteiger partial charge in [-0.05, 0) is 69.4 Å². The van der Waals surface area contributed by atoms with Gasteiger partial charge in [-0.2, -0.15) is 0 Å². The molecule has 1 atom stereocenters. The zero-order valence-electron chi connectivity index (χ0n) is 22.8. The highest BCUT2D eigenvalue weighted by Crippen LogP contribution is 2.23. The van der Waals surface area contributed by atoms with Crippen molar-refractivity contribution in [3.8, 4) is 0 Å². The van der Waals surface area contributed by atoms with E-state index in [1.54, 1.807) is 23.1 Å². The van der Waals surface area contributed by atoms with Gasteiger partial charge >= 0.3 is 0 Å². The van der Waals surface area contributed by atoms with Gasteiger partial charge in [-0.25, -0.2) is 8.42 Å². The first-order chi connectivity index (χ1) is 17.3. The Labute approximate surface area is 227 Å². The molecule has 0 fully saturated rings. The summed E-state index contributed by atoms with van der Waals surface area (Å²) in [7, 11) is -3.54. The molecule has 0 aliphatic heterocycles. The summed E-state index contributed by atoms with van der Waals surface area (Å²) in [5, 5.41) is 3.50. The second-order valence-electron chi connectivity index (χ2n) is 10.2. The number of anilines is 1. The van der Waals surface area contributed by atoms with Crippen LogP contribution < -0.4 is 9.62 Å². The average molecular weight is 550 g/mol. The zero-order chi connectivity index (χ0) is 27.8. The molecule has 0 spiro atoms. The van der Waals surface area contributed by atoms with Crippen molar-refractivity contribution in [2.24, 2.45) is 0 Å². The van der Waals surface area contributed by atoms with Crippen molar-refractivity contribution in [1.29, 1.82) is 0 Å². The average Bonchev–Trinajstić information content (AvgIpc) is 2.81. The lowest BCUT2D eigenvalue weighted by Gasteiger charge is -2.33. The summed E-state index contributed by atoms with van der Waals surface area (Å²) in [5.41, 5.74) is 1.97. The molecule has 0 radical (unpaired) electrons. The fourth-order valence-electron chi connectivity index (χ4n) is 4.08. The second kappa shape index (κ2) is 13.3. The molecule has 0 heterocycles. The summed E-state index contributed by atoms with van der Waals surface area (Å²) in [6.45, 7) is 9.92. The molecule has 0 bridgehead atoms. The van der Waals surface area contributed by atoms with E-state index < -0.39 is 21.6 Å². The number of halogens is 1. The Hall–Kier alpha value is -2.58. The largest absolute Gasteiger partial charge is 0.350 e. The van der Waals surface area contributed by atoms with Crippen LogP contribution in [0.2, 0.25) is 5.02 Å². The van der Waals surface area contributed by atoms with E-state index >= 15 is 0 Å². The molecule has 0 aliphatic rings. The van der Waals surface area contributed by atoms with E-state index in [0.717, 1.165) is 23.8 Å². The van der Waals surface area contributed by atoms with Crippen molar-refractivity contribution in [1.82, 2.24) is 10.2 Å². The van der Waals surface area contributed by atoms with Crippen LogP contribution in [0.4, 0.5) is 5.69 Å². The van der Waals surface area contributed by atoms with Crippen LogP contribution in [0.15, 0.2) is 48.5 Å². The highest BCUT2D eigenvalue weighted by Gasteiger charge is 2.31. The molecule has 9 heteroatoms. The van der Waals surface area contributed by atoms with Crippen LogP contribution in [0.5, 0.6) is 0 Å². The monoisotopic (exact) mass is 549 g/mol. The molecule has 2 rings (SSSR count). The van der Waals surface area contributed by atoms with Crippen LogP contribution in [-0.2, 0) is 32.6 Å². The molecule has 0 saturated carbocycles. The topological polar surface area (TPSA) is 86.8 Å². The summed E-state index contributed by atoms with van der Waals surface area (Å²) in [4.78, 5) is 28.2. The predicted molar refractivity (Wildman–Crippen MR) is 151 cm³/mol. The van der Waals surface area contributed by atoms with Crippen molar-refractivity contribution in [3.63, 3.8) is 0 Å². The molecular formula is C28H40ClN3O4S. The van der Waals surface area contributed by atoms with Crippen LogP contribution in [0.1, 0.15) is 65.0 Å².